The normalized spacial score (nSPS) is 19.1. The summed E-state index contributed by atoms with van der Waals surface area (Å²) >= 11 is 0. The van der Waals surface area contributed by atoms with Gasteiger partial charge in [-0.05, 0) is 39.0 Å². The van der Waals surface area contributed by atoms with Gasteiger partial charge in [-0.1, -0.05) is 18.2 Å². The summed E-state index contributed by atoms with van der Waals surface area (Å²) in [4.78, 5) is 0. The molecule has 1 aromatic rings. The van der Waals surface area contributed by atoms with Crippen molar-refractivity contribution in [2.75, 3.05) is 5.01 Å². The Bertz CT molecular complexity index is 352. The predicted octanol–water partition coefficient (Wildman–Crippen LogP) is 2.69. The average Bonchev–Trinajstić information content (AvgIpc) is 2.41. The van der Waals surface area contributed by atoms with Crippen LogP contribution in [0.25, 0.3) is 0 Å². The van der Waals surface area contributed by atoms with Crippen LogP contribution in [0.4, 0.5) is 5.69 Å². The summed E-state index contributed by atoms with van der Waals surface area (Å²) < 4.78 is 0. The summed E-state index contributed by atoms with van der Waals surface area (Å²) in [5.41, 5.74) is 5.81. The maximum atomic E-state index is 3.35. The Hall–Kier alpha value is -1.44. The van der Waals surface area contributed by atoms with Gasteiger partial charge >= 0.3 is 0 Å². The minimum Gasteiger partial charge on any atom is -0.302 e. The van der Waals surface area contributed by atoms with Crippen LogP contribution < -0.4 is 10.4 Å². The number of para-hydroxylation sites is 1. The van der Waals surface area contributed by atoms with Gasteiger partial charge in [0.05, 0.1) is 11.2 Å². The molecule has 74 valence electrons. The lowest BCUT2D eigenvalue weighted by molar-refractivity contribution is 0.559. The van der Waals surface area contributed by atoms with Crippen LogP contribution in [0.15, 0.2) is 42.1 Å². The Morgan fingerprint density at radius 1 is 1.14 bits per heavy atom. The Morgan fingerprint density at radius 2 is 1.79 bits per heavy atom. The van der Waals surface area contributed by atoms with Gasteiger partial charge in [-0.25, -0.2) is 0 Å². The van der Waals surface area contributed by atoms with Crippen LogP contribution in [0.3, 0.4) is 0 Å². The molecule has 2 nitrogen and oxygen atoms in total. The molecule has 0 bridgehead atoms. The number of hydrogen-bond donors (Lipinski definition) is 1. The zero-order valence-corrected chi connectivity index (χ0v) is 8.91. The fraction of sp³-hybridized carbons (Fsp3) is 0.333. The molecular weight excluding hydrogens is 172 g/mol. The van der Waals surface area contributed by atoms with Crippen molar-refractivity contribution in [1.29, 1.82) is 0 Å². The molecular formula is C12H16N2. The van der Waals surface area contributed by atoms with E-state index >= 15 is 0 Å². The van der Waals surface area contributed by atoms with Crippen molar-refractivity contribution in [2.24, 2.45) is 0 Å². The maximum absolute atomic E-state index is 3.35. The zero-order valence-electron chi connectivity index (χ0n) is 8.91. The van der Waals surface area contributed by atoms with Gasteiger partial charge in [0.15, 0.2) is 0 Å². The molecule has 0 aromatic heterocycles. The van der Waals surface area contributed by atoms with E-state index in [1.54, 1.807) is 0 Å². The van der Waals surface area contributed by atoms with Crippen LogP contribution in [0.5, 0.6) is 0 Å². The molecule has 1 heterocycles. The highest BCUT2D eigenvalue weighted by Crippen LogP contribution is 2.28. The monoisotopic (exact) mass is 188 g/mol. The first-order valence-electron chi connectivity index (χ1n) is 4.91. The molecule has 0 saturated heterocycles. The Balaban J connectivity index is 2.31. The van der Waals surface area contributed by atoms with Crippen molar-refractivity contribution in [1.82, 2.24) is 5.43 Å². The van der Waals surface area contributed by atoms with Gasteiger partial charge in [-0.3, -0.25) is 5.01 Å². The number of rotatable bonds is 1. The van der Waals surface area contributed by atoms with Crippen molar-refractivity contribution in [3.63, 3.8) is 0 Å². The van der Waals surface area contributed by atoms with Crippen molar-refractivity contribution in [3.8, 4) is 0 Å². The molecule has 2 heteroatoms. The molecule has 0 spiro atoms. The fourth-order valence-electron chi connectivity index (χ4n) is 1.92. The Morgan fingerprint density at radius 3 is 2.29 bits per heavy atom. The smallest absolute Gasteiger partial charge is 0.0755 e. The van der Waals surface area contributed by atoms with Crippen LogP contribution in [0.1, 0.15) is 20.8 Å². The highest BCUT2D eigenvalue weighted by molar-refractivity contribution is 5.51. The van der Waals surface area contributed by atoms with Gasteiger partial charge in [-0.2, -0.15) is 0 Å². The van der Waals surface area contributed by atoms with Crippen molar-refractivity contribution in [2.45, 2.75) is 26.3 Å². The van der Waals surface area contributed by atoms with E-state index < -0.39 is 0 Å². The topological polar surface area (TPSA) is 15.3 Å². The SMILES string of the molecule is CC1=CC(C)(C)N(c2ccccc2)N1. The highest BCUT2D eigenvalue weighted by atomic mass is 15.6. The van der Waals surface area contributed by atoms with E-state index in [1.165, 1.54) is 11.4 Å². The third-order valence-electron chi connectivity index (χ3n) is 2.45. The molecule has 1 aliphatic rings. The second-order valence-corrected chi connectivity index (χ2v) is 4.26. The van der Waals surface area contributed by atoms with Gasteiger partial charge in [0.25, 0.3) is 0 Å². The quantitative estimate of drug-likeness (QED) is 0.729. The van der Waals surface area contributed by atoms with Crippen molar-refractivity contribution >= 4 is 5.69 Å². The fourth-order valence-corrected chi connectivity index (χ4v) is 1.92. The molecule has 0 unspecified atom stereocenters. The third kappa shape index (κ3) is 1.48. The number of anilines is 1. The van der Waals surface area contributed by atoms with Gasteiger partial charge in [0.2, 0.25) is 0 Å². The van der Waals surface area contributed by atoms with Crippen LogP contribution in [-0.2, 0) is 0 Å². The van der Waals surface area contributed by atoms with Gasteiger partial charge in [0, 0.05) is 5.70 Å². The second-order valence-electron chi connectivity index (χ2n) is 4.26. The molecule has 1 aliphatic heterocycles. The second kappa shape index (κ2) is 3.05. The lowest BCUT2D eigenvalue weighted by atomic mass is 10.0. The maximum Gasteiger partial charge on any atom is 0.0755 e. The lowest BCUT2D eigenvalue weighted by Crippen LogP contribution is -2.45. The van der Waals surface area contributed by atoms with E-state index in [9.17, 15) is 0 Å². The molecule has 1 aromatic carbocycles. The summed E-state index contributed by atoms with van der Waals surface area (Å²) in [5, 5.41) is 2.18. The molecule has 0 fully saturated rings. The molecule has 1 N–H and O–H groups in total. The summed E-state index contributed by atoms with van der Waals surface area (Å²) in [6.07, 6.45) is 2.24. The van der Waals surface area contributed by atoms with Crippen LogP contribution in [-0.4, -0.2) is 5.54 Å². The summed E-state index contributed by atoms with van der Waals surface area (Å²) in [6, 6.07) is 10.4. The first-order chi connectivity index (χ1) is 6.59. The van der Waals surface area contributed by atoms with Gasteiger partial charge in [0.1, 0.15) is 0 Å². The Kier molecular flexibility index (Phi) is 1.99. The standard InChI is InChI=1S/C12H16N2/c1-10-9-12(2,3)14(13-10)11-7-5-4-6-8-11/h4-9,13H,1-3H3. The predicted molar refractivity (Wildman–Crippen MR) is 59.9 cm³/mol. The molecule has 2 rings (SSSR count). The lowest BCUT2D eigenvalue weighted by Gasteiger charge is -2.32. The van der Waals surface area contributed by atoms with E-state index in [0.717, 1.165) is 0 Å². The van der Waals surface area contributed by atoms with Crippen molar-refractivity contribution in [3.05, 3.63) is 42.1 Å². The molecule has 0 amide bonds. The average molecular weight is 188 g/mol. The number of nitrogens with zero attached hydrogens (tertiary/aromatic N) is 1. The summed E-state index contributed by atoms with van der Waals surface area (Å²) in [5.74, 6) is 0. The molecule has 0 atom stereocenters. The highest BCUT2D eigenvalue weighted by Gasteiger charge is 2.30. The van der Waals surface area contributed by atoms with E-state index in [0.29, 0.717) is 0 Å². The first-order valence-corrected chi connectivity index (χ1v) is 4.91. The van der Waals surface area contributed by atoms with Crippen LogP contribution >= 0.6 is 0 Å². The number of allylic oxidation sites excluding steroid dienone is 1. The number of hydrogen-bond acceptors (Lipinski definition) is 2. The van der Waals surface area contributed by atoms with Crippen LogP contribution in [0.2, 0.25) is 0 Å². The minimum absolute atomic E-state index is 0.0471. The molecule has 0 aliphatic carbocycles. The number of hydrazine groups is 1. The summed E-state index contributed by atoms with van der Waals surface area (Å²) in [6.45, 7) is 6.48. The number of nitrogens with one attached hydrogen (secondary N) is 1. The largest absolute Gasteiger partial charge is 0.302 e. The molecule has 0 radical (unpaired) electrons. The summed E-state index contributed by atoms with van der Waals surface area (Å²) in [7, 11) is 0. The zero-order chi connectivity index (χ0) is 10.2. The van der Waals surface area contributed by atoms with E-state index in [4.69, 9.17) is 0 Å². The van der Waals surface area contributed by atoms with Crippen LogP contribution in [0, 0.1) is 0 Å². The van der Waals surface area contributed by atoms with E-state index in [2.05, 4.69) is 61.5 Å². The van der Waals surface area contributed by atoms with Gasteiger partial charge < -0.3 is 5.43 Å². The molecule has 0 saturated carbocycles. The van der Waals surface area contributed by atoms with Crippen molar-refractivity contribution < 1.29 is 0 Å². The molecule has 14 heavy (non-hydrogen) atoms. The first kappa shape index (κ1) is 9.13. The van der Waals surface area contributed by atoms with E-state index in [-0.39, 0.29) is 5.54 Å². The van der Waals surface area contributed by atoms with Gasteiger partial charge in [-0.15, -0.1) is 0 Å². The Labute approximate surface area is 85.2 Å². The minimum atomic E-state index is 0.0471. The number of benzene rings is 1. The van der Waals surface area contributed by atoms with E-state index in [1.807, 2.05) is 6.07 Å². The third-order valence-corrected chi connectivity index (χ3v) is 2.45.